The van der Waals surface area contributed by atoms with E-state index >= 15 is 0 Å². The van der Waals surface area contributed by atoms with Gasteiger partial charge in [0.05, 0.1) is 0 Å². The van der Waals surface area contributed by atoms with E-state index < -0.39 is 5.97 Å². The predicted molar refractivity (Wildman–Crippen MR) is 77.1 cm³/mol. The number of esters is 1. The Kier molecular flexibility index (Phi) is 4.79. The van der Waals surface area contributed by atoms with Gasteiger partial charge in [-0.25, -0.2) is 9.59 Å². The lowest BCUT2D eigenvalue weighted by molar-refractivity contribution is -0.150. The lowest BCUT2D eigenvalue weighted by atomic mass is 9.70. The van der Waals surface area contributed by atoms with Crippen molar-refractivity contribution in [3.63, 3.8) is 0 Å². The standard InChI is InChI=1S/C13H20O2.C3H4O2/c1-5-11(14)15-10-8-9-6-7-13(10,4)12(9,2)3;1-2-3(4)5/h5,9-10H,1,6-8H2,2-4H3;2H,1H2,(H,4,5). The lowest BCUT2D eigenvalue weighted by Crippen LogP contribution is -2.38. The highest BCUT2D eigenvalue weighted by Gasteiger charge is 2.62. The van der Waals surface area contributed by atoms with Crippen molar-refractivity contribution in [3.05, 3.63) is 25.3 Å². The normalized spacial score (nSPS) is 32.8. The van der Waals surface area contributed by atoms with Crippen molar-refractivity contribution in [2.24, 2.45) is 16.7 Å². The second kappa shape index (κ2) is 5.81. The molecule has 0 aromatic rings. The van der Waals surface area contributed by atoms with Crippen LogP contribution in [0.25, 0.3) is 0 Å². The molecule has 2 rings (SSSR count). The number of fused-ring (bicyclic) bond motifs is 2. The Bertz CT molecular complexity index is 424. The molecule has 0 saturated heterocycles. The van der Waals surface area contributed by atoms with Crippen LogP contribution in [-0.2, 0) is 14.3 Å². The Morgan fingerprint density at radius 3 is 2.10 bits per heavy atom. The summed E-state index contributed by atoms with van der Waals surface area (Å²) in [5.74, 6) is -0.542. The minimum atomic E-state index is -0.981. The summed E-state index contributed by atoms with van der Waals surface area (Å²) in [5, 5.41) is 7.60. The number of rotatable bonds is 3. The quantitative estimate of drug-likeness (QED) is 0.637. The van der Waals surface area contributed by atoms with Crippen LogP contribution < -0.4 is 0 Å². The smallest absolute Gasteiger partial charge is 0.330 e. The topological polar surface area (TPSA) is 63.6 Å². The second-order valence-electron chi connectivity index (χ2n) is 6.28. The summed E-state index contributed by atoms with van der Waals surface area (Å²) in [6, 6.07) is 0. The van der Waals surface area contributed by atoms with E-state index in [1.807, 2.05) is 0 Å². The van der Waals surface area contributed by atoms with Crippen molar-refractivity contribution in [1.82, 2.24) is 0 Å². The van der Waals surface area contributed by atoms with Crippen molar-refractivity contribution < 1.29 is 19.4 Å². The Hall–Kier alpha value is -1.58. The molecule has 3 atom stereocenters. The van der Waals surface area contributed by atoms with Crippen LogP contribution in [-0.4, -0.2) is 23.1 Å². The molecule has 3 unspecified atom stereocenters. The van der Waals surface area contributed by atoms with E-state index in [1.165, 1.54) is 18.9 Å². The zero-order valence-corrected chi connectivity index (χ0v) is 12.5. The van der Waals surface area contributed by atoms with Gasteiger partial charge < -0.3 is 9.84 Å². The highest BCUT2D eigenvalue weighted by atomic mass is 16.5. The second-order valence-corrected chi connectivity index (χ2v) is 6.28. The molecule has 0 aliphatic heterocycles. The largest absolute Gasteiger partial charge is 0.478 e. The molecule has 2 saturated carbocycles. The van der Waals surface area contributed by atoms with Gasteiger partial charge in [-0.15, -0.1) is 0 Å². The SMILES string of the molecule is C=CC(=O)O.C=CC(=O)OC1CC2CCC1(C)C2(C)C. The van der Waals surface area contributed by atoms with E-state index in [0.29, 0.717) is 11.3 Å². The van der Waals surface area contributed by atoms with E-state index in [9.17, 15) is 9.59 Å². The third-order valence-electron chi connectivity index (χ3n) is 5.31. The number of carboxylic acids is 1. The number of ether oxygens (including phenoxy) is 1. The van der Waals surface area contributed by atoms with Gasteiger partial charge in [0.2, 0.25) is 0 Å². The Balaban J connectivity index is 0.000000347. The fourth-order valence-electron chi connectivity index (χ4n) is 3.50. The number of carbonyl (C=O) groups is 2. The molecule has 4 nitrogen and oxygen atoms in total. The molecular formula is C16H24O4. The summed E-state index contributed by atoms with van der Waals surface area (Å²) in [7, 11) is 0. The van der Waals surface area contributed by atoms with Crippen LogP contribution >= 0.6 is 0 Å². The van der Waals surface area contributed by atoms with Gasteiger partial charge in [0, 0.05) is 17.6 Å². The third kappa shape index (κ3) is 2.79. The molecule has 0 radical (unpaired) electrons. The third-order valence-corrected chi connectivity index (χ3v) is 5.31. The van der Waals surface area contributed by atoms with E-state index in [-0.39, 0.29) is 17.5 Å². The molecule has 0 aromatic carbocycles. The molecule has 2 aliphatic rings. The van der Waals surface area contributed by atoms with Crippen LogP contribution in [0.15, 0.2) is 25.3 Å². The van der Waals surface area contributed by atoms with Crippen LogP contribution in [0, 0.1) is 16.7 Å². The minimum Gasteiger partial charge on any atom is -0.478 e. The lowest BCUT2D eigenvalue weighted by Gasteiger charge is -2.38. The molecule has 1 N–H and O–H groups in total. The number of hydrogen-bond donors (Lipinski definition) is 1. The van der Waals surface area contributed by atoms with Crippen LogP contribution in [0.1, 0.15) is 40.0 Å². The first-order valence-corrected chi connectivity index (χ1v) is 6.87. The molecule has 0 spiro atoms. The first kappa shape index (κ1) is 16.5. The molecule has 20 heavy (non-hydrogen) atoms. The molecule has 4 heteroatoms. The molecule has 2 bridgehead atoms. The molecule has 2 aliphatic carbocycles. The molecule has 0 heterocycles. The van der Waals surface area contributed by atoms with Gasteiger partial charge in [0.1, 0.15) is 6.10 Å². The summed E-state index contributed by atoms with van der Waals surface area (Å²) in [6.07, 6.45) is 5.69. The van der Waals surface area contributed by atoms with Crippen molar-refractivity contribution in [3.8, 4) is 0 Å². The highest BCUT2D eigenvalue weighted by Crippen LogP contribution is 2.66. The summed E-state index contributed by atoms with van der Waals surface area (Å²) in [6.45, 7) is 13.3. The van der Waals surface area contributed by atoms with Gasteiger partial charge in [-0.05, 0) is 30.6 Å². The highest BCUT2D eigenvalue weighted by molar-refractivity contribution is 5.81. The number of carboxylic acid groups (broad SMARTS) is 1. The molecular weight excluding hydrogens is 256 g/mol. The maximum Gasteiger partial charge on any atom is 0.330 e. The number of aliphatic carboxylic acids is 1. The van der Waals surface area contributed by atoms with Gasteiger partial charge >= 0.3 is 11.9 Å². The van der Waals surface area contributed by atoms with Gasteiger partial charge in [0.25, 0.3) is 0 Å². The Morgan fingerprint density at radius 2 is 1.80 bits per heavy atom. The Labute approximate surface area is 120 Å². The van der Waals surface area contributed by atoms with Gasteiger partial charge in [-0.1, -0.05) is 33.9 Å². The van der Waals surface area contributed by atoms with Crippen molar-refractivity contribution in [2.75, 3.05) is 0 Å². The average Bonchev–Trinajstić information content (AvgIpc) is 2.72. The summed E-state index contributed by atoms with van der Waals surface area (Å²) in [4.78, 5) is 20.5. The predicted octanol–water partition coefficient (Wildman–Crippen LogP) is 3.19. The molecule has 2 fully saturated rings. The van der Waals surface area contributed by atoms with Crippen LogP contribution in [0.2, 0.25) is 0 Å². The zero-order chi connectivity index (χ0) is 15.6. The van der Waals surface area contributed by atoms with Crippen molar-refractivity contribution in [1.29, 1.82) is 0 Å². The number of hydrogen-bond acceptors (Lipinski definition) is 3. The maximum atomic E-state index is 11.3. The van der Waals surface area contributed by atoms with E-state index in [0.717, 1.165) is 12.5 Å². The van der Waals surface area contributed by atoms with Crippen LogP contribution in [0.5, 0.6) is 0 Å². The van der Waals surface area contributed by atoms with E-state index in [2.05, 4.69) is 33.9 Å². The Morgan fingerprint density at radius 1 is 1.25 bits per heavy atom. The summed E-state index contributed by atoms with van der Waals surface area (Å²) < 4.78 is 5.48. The van der Waals surface area contributed by atoms with Gasteiger partial charge in [-0.3, -0.25) is 0 Å². The zero-order valence-electron chi connectivity index (χ0n) is 12.5. The first-order chi connectivity index (χ1) is 9.18. The van der Waals surface area contributed by atoms with Crippen molar-refractivity contribution >= 4 is 11.9 Å². The fourth-order valence-corrected chi connectivity index (χ4v) is 3.50. The molecule has 0 amide bonds. The molecule has 112 valence electrons. The summed E-state index contributed by atoms with van der Waals surface area (Å²) in [5.41, 5.74) is 0.468. The fraction of sp³-hybridized carbons (Fsp3) is 0.625. The van der Waals surface area contributed by atoms with E-state index in [4.69, 9.17) is 9.84 Å². The van der Waals surface area contributed by atoms with Crippen LogP contribution in [0.3, 0.4) is 0 Å². The average molecular weight is 280 g/mol. The van der Waals surface area contributed by atoms with Crippen molar-refractivity contribution in [2.45, 2.75) is 46.1 Å². The molecule has 0 aromatic heterocycles. The summed E-state index contributed by atoms with van der Waals surface area (Å²) >= 11 is 0. The maximum absolute atomic E-state index is 11.3. The minimum absolute atomic E-state index is 0.0942. The van der Waals surface area contributed by atoms with Crippen LogP contribution in [0.4, 0.5) is 0 Å². The van der Waals surface area contributed by atoms with Gasteiger partial charge in [0.15, 0.2) is 0 Å². The van der Waals surface area contributed by atoms with Gasteiger partial charge in [-0.2, -0.15) is 0 Å². The van der Waals surface area contributed by atoms with E-state index in [1.54, 1.807) is 0 Å². The monoisotopic (exact) mass is 280 g/mol. The first-order valence-electron chi connectivity index (χ1n) is 6.87. The number of carbonyl (C=O) groups excluding carboxylic acids is 1.